The molecule has 2 rings (SSSR count). The third kappa shape index (κ3) is 3.52. The van der Waals surface area contributed by atoms with Crippen LogP contribution in [0.4, 0.5) is 18.9 Å². The molecule has 0 spiro atoms. The number of nitrogens with two attached hydrogens (primary N) is 1. The normalized spacial score (nSPS) is 12.2. The average molecular weight is 345 g/mol. The Morgan fingerprint density at radius 1 is 1.05 bits per heavy atom. The maximum atomic E-state index is 13.2. The van der Waals surface area contributed by atoms with Crippen molar-refractivity contribution < 1.29 is 13.2 Å². The van der Waals surface area contributed by atoms with Gasteiger partial charge in [-0.15, -0.1) is 0 Å². The highest BCUT2D eigenvalue weighted by molar-refractivity contribution is 9.10. The predicted octanol–water partition coefficient (Wildman–Crippen LogP) is 3.98. The monoisotopic (exact) mass is 344 g/mol. The number of halogens is 4. The molecule has 0 amide bonds. The van der Waals surface area contributed by atoms with Crippen LogP contribution >= 0.6 is 15.9 Å². The van der Waals surface area contributed by atoms with E-state index in [1.165, 1.54) is 30.3 Å². The molecule has 2 aromatic carbocycles. The largest absolute Gasteiger partial charge is 0.377 e. The fourth-order valence-corrected chi connectivity index (χ4v) is 2.22. The van der Waals surface area contributed by atoms with Crippen molar-refractivity contribution in [1.82, 2.24) is 0 Å². The SMILES string of the molecule is NCC(Nc1ccc(F)c(Br)c1)c1cc(F)cc(F)c1. The average Bonchev–Trinajstić information content (AvgIpc) is 2.38. The number of nitrogens with one attached hydrogen (secondary N) is 1. The van der Waals surface area contributed by atoms with Gasteiger partial charge < -0.3 is 11.1 Å². The van der Waals surface area contributed by atoms with Gasteiger partial charge >= 0.3 is 0 Å². The second-order valence-electron chi connectivity index (χ2n) is 4.26. The quantitative estimate of drug-likeness (QED) is 0.880. The predicted molar refractivity (Wildman–Crippen MR) is 75.9 cm³/mol. The van der Waals surface area contributed by atoms with Crippen LogP contribution in [0.2, 0.25) is 0 Å². The summed E-state index contributed by atoms with van der Waals surface area (Å²) >= 11 is 3.07. The fourth-order valence-electron chi connectivity index (χ4n) is 1.84. The number of anilines is 1. The topological polar surface area (TPSA) is 38.0 Å². The Morgan fingerprint density at radius 2 is 1.70 bits per heavy atom. The molecule has 0 saturated carbocycles. The minimum atomic E-state index is -0.666. The van der Waals surface area contributed by atoms with Gasteiger partial charge in [0.1, 0.15) is 17.5 Å². The molecule has 3 N–H and O–H groups in total. The molecule has 0 aromatic heterocycles. The summed E-state index contributed by atoms with van der Waals surface area (Å²) in [5.41, 5.74) is 6.62. The number of benzene rings is 2. The van der Waals surface area contributed by atoms with Gasteiger partial charge in [0.25, 0.3) is 0 Å². The van der Waals surface area contributed by atoms with E-state index < -0.39 is 23.5 Å². The summed E-state index contributed by atoms with van der Waals surface area (Å²) < 4.78 is 39.9. The molecule has 0 aliphatic rings. The summed E-state index contributed by atoms with van der Waals surface area (Å²) in [5.74, 6) is -1.72. The maximum absolute atomic E-state index is 13.2. The number of hydrogen-bond donors (Lipinski definition) is 2. The van der Waals surface area contributed by atoms with Crippen LogP contribution < -0.4 is 11.1 Å². The molecular formula is C14H12BrF3N2. The first-order chi connectivity index (χ1) is 9.49. The van der Waals surface area contributed by atoms with Crippen LogP contribution in [0.25, 0.3) is 0 Å². The first-order valence-electron chi connectivity index (χ1n) is 5.87. The Kier molecular flexibility index (Phi) is 4.67. The molecule has 1 atom stereocenters. The van der Waals surface area contributed by atoms with E-state index in [1.54, 1.807) is 0 Å². The molecule has 0 radical (unpaired) electrons. The van der Waals surface area contributed by atoms with E-state index in [4.69, 9.17) is 5.73 Å². The van der Waals surface area contributed by atoms with Crippen molar-refractivity contribution in [2.45, 2.75) is 6.04 Å². The Morgan fingerprint density at radius 3 is 2.25 bits per heavy atom. The minimum Gasteiger partial charge on any atom is -0.377 e. The summed E-state index contributed by atoms with van der Waals surface area (Å²) in [5, 5.41) is 3.01. The van der Waals surface area contributed by atoms with Crippen molar-refractivity contribution in [3.05, 3.63) is 63.9 Å². The van der Waals surface area contributed by atoms with Crippen LogP contribution in [0.5, 0.6) is 0 Å². The molecule has 0 saturated heterocycles. The maximum Gasteiger partial charge on any atom is 0.137 e. The lowest BCUT2D eigenvalue weighted by Gasteiger charge is -2.19. The molecule has 2 aromatic rings. The lowest BCUT2D eigenvalue weighted by molar-refractivity contribution is 0.576. The van der Waals surface area contributed by atoms with Gasteiger partial charge in [-0.1, -0.05) is 0 Å². The summed E-state index contributed by atoms with van der Waals surface area (Å²) in [6.45, 7) is 0.137. The van der Waals surface area contributed by atoms with Gasteiger partial charge in [0.05, 0.1) is 10.5 Å². The minimum absolute atomic E-state index is 0.137. The van der Waals surface area contributed by atoms with Crippen LogP contribution in [-0.4, -0.2) is 6.54 Å². The molecule has 0 aliphatic carbocycles. The van der Waals surface area contributed by atoms with Gasteiger partial charge in [-0.2, -0.15) is 0 Å². The van der Waals surface area contributed by atoms with Gasteiger partial charge in [-0.25, -0.2) is 13.2 Å². The van der Waals surface area contributed by atoms with Crippen LogP contribution in [-0.2, 0) is 0 Å². The van der Waals surface area contributed by atoms with Crippen molar-refractivity contribution in [2.75, 3.05) is 11.9 Å². The molecule has 0 aliphatic heterocycles. The van der Waals surface area contributed by atoms with Gasteiger partial charge in [-0.05, 0) is 51.8 Å². The first kappa shape index (κ1) is 14.9. The van der Waals surface area contributed by atoms with Crippen LogP contribution in [0.1, 0.15) is 11.6 Å². The second kappa shape index (κ2) is 6.28. The molecule has 2 nitrogen and oxygen atoms in total. The molecule has 1 unspecified atom stereocenters. The van der Waals surface area contributed by atoms with Crippen molar-refractivity contribution >= 4 is 21.6 Å². The van der Waals surface area contributed by atoms with Gasteiger partial charge in [0, 0.05) is 18.3 Å². The zero-order valence-electron chi connectivity index (χ0n) is 10.3. The fraction of sp³-hybridized carbons (Fsp3) is 0.143. The van der Waals surface area contributed by atoms with Crippen LogP contribution in [0.3, 0.4) is 0 Å². The Hall–Kier alpha value is -1.53. The van der Waals surface area contributed by atoms with E-state index >= 15 is 0 Å². The van der Waals surface area contributed by atoms with Gasteiger partial charge in [0.2, 0.25) is 0 Å². The molecule has 0 heterocycles. The molecule has 0 fully saturated rings. The van der Waals surface area contributed by atoms with Crippen molar-refractivity contribution in [2.24, 2.45) is 5.73 Å². The number of rotatable bonds is 4. The molecule has 106 valence electrons. The Balaban J connectivity index is 2.26. The molecule has 0 bridgehead atoms. The van der Waals surface area contributed by atoms with E-state index in [0.717, 1.165) is 6.07 Å². The van der Waals surface area contributed by atoms with E-state index in [-0.39, 0.29) is 6.54 Å². The highest BCUT2D eigenvalue weighted by atomic mass is 79.9. The van der Waals surface area contributed by atoms with Gasteiger partial charge in [0.15, 0.2) is 0 Å². The molecular weight excluding hydrogens is 333 g/mol. The zero-order chi connectivity index (χ0) is 14.7. The van der Waals surface area contributed by atoms with Crippen LogP contribution in [0.15, 0.2) is 40.9 Å². The van der Waals surface area contributed by atoms with E-state index in [1.807, 2.05) is 0 Å². The van der Waals surface area contributed by atoms with Crippen LogP contribution in [0, 0.1) is 17.5 Å². The standard InChI is InChI=1S/C14H12BrF3N2/c15-12-6-11(1-2-13(12)18)20-14(7-19)8-3-9(16)5-10(17)4-8/h1-6,14,20H,7,19H2. The summed E-state index contributed by atoms with van der Waals surface area (Å²) in [6.07, 6.45) is 0. The third-order valence-electron chi connectivity index (χ3n) is 2.78. The van der Waals surface area contributed by atoms with E-state index in [0.29, 0.717) is 15.7 Å². The van der Waals surface area contributed by atoms with Crippen molar-refractivity contribution in [3.63, 3.8) is 0 Å². The second-order valence-corrected chi connectivity index (χ2v) is 5.12. The highest BCUT2D eigenvalue weighted by Crippen LogP contribution is 2.24. The number of hydrogen-bond acceptors (Lipinski definition) is 2. The highest BCUT2D eigenvalue weighted by Gasteiger charge is 2.13. The van der Waals surface area contributed by atoms with Crippen molar-refractivity contribution in [3.8, 4) is 0 Å². The zero-order valence-corrected chi connectivity index (χ0v) is 11.9. The smallest absolute Gasteiger partial charge is 0.137 e. The first-order valence-corrected chi connectivity index (χ1v) is 6.66. The lowest BCUT2D eigenvalue weighted by atomic mass is 10.1. The van der Waals surface area contributed by atoms with Crippen molar-refractivity contribution in [1.29, 1.82) is 0 Å². The summed E-state index contributed by atoms with van der Waals surface area (Å²) in [6, 6.07) is 7.10. The van der Waals surface area contributed by atoms with E-state index in [2.05, 4.69) is 21.2 Å². The Bertz CT molecular complexity index is 599. The Labute approximate surface area is 122 Å². The molecule has 20 heavy (non-hydrogen) atoms. The van der Waals surface area contributed by atoms with Gasteiger partial charge in [-0.3, -0.25) is 0 Å². The lowest BCUT2D eigenvalue weighted by Crippen LogP contribution is -2.21. The van der Waals surface area contributed by atoms with E-state index in [9.17, 15) is 13.2 Å². The third-order valence-corrected chi connectivity index (χ3v) is 3.39. The summed E-state index contributed by atoms with van der Waals surface area (Å²) in [4.78, 5) is 0. The molecule has 6 heteroatoms. The summed E-state index contributed by atoms with van der Waals surface area (Å²) in [7, 11) is 0.